The van der Waals surface area contributed by atoms with E-state index in [0.29, 0.717) is 27.3 Å². The number of hydrogen-bond acceptors (Lipinski definition) is 5. The average molecular weight is 491 g/mol. The molecule has 1 heterocycles. The van der Waals surface area contributed by atoms with Crippen LogP contribution in [0.3, 0.4) is 0 Å². The van der Waals surface area contributed by atoms with Gasteiger partial charge >= 0.3 is 5.97 Å². The summed E-state index contributed by atoms with van der Waals surface area (Å²) in [4.78, 5) is 26.0. The summed E-state index contributed by atoms with van der Waals surface area (Å²) in [5.41, 5.74) is 2.76. The van der Waals surface area contributed by atoms with Crippen molar-refractivity contribution in [1.29, 1.82) is 0 Å². The minimum atomic E-state index is -0.592. The van der Waals surface area contributed by atoms with E-state index in [4.69, 9.17) is 25.5 Å². The fraction of sp³-hybridized carbons (Fsp3) is 0.241. The van der Waals surface area contributed by atoms with Crippen LogP contribution in [-0.4, -0.2) is 12.6 Å². The Morgan fingerprint density at radius 2 is 1.66 bits per heavy atom. The molecule has 0 saturated heterocycles. The molecule has 6 heteroatoms. The molecule has 35 heavy (non-hydrogen) atoms. The number of fused-ring (bicyclic) bond motifs is 1. The second-order valence-corrected chi connectivity index (χ2v) is 9.88. The summed E-state index contributed by atoms with van der Waals surface area (Å²) >= 11 is 5.88. The molecule has 0 saturated carbocycles. The molecule has 0 bridgehead atoms. The molecule has 0 spiro atoms. The SMILES string of the molecule is Cc1ccc2c(=O)c(OC(=O)CCOc3ccc(Cl)cc3)c(-c3ccc(C(C)(C)C)cc3)oc2c1. The highest BCUT2D eigenvalue weighted by Crippen LogP contribution is 2.33. The van der Waals surface area contributed by atoms with Crippen molar-refractivity contribution in [3.8, 4) is 22.8 Å². The third kappa shape index (κ3) is 5.75. The molecule has 3 aromatic carbocycles. The number of hydrogen-bond donors (Lipinski definition) is 0. The molecule has 0 fully saturated rings. The van der Waals surface area contributed by atoms with Gasteiger partial charge in [-0.05, 0) is 59.9 Å². The smallest absolute Gasteiger partial charge is 0.314 e. The van der Waals surface area contributed by atoms with Gasteiger partial charge in [-0.15, -0.1) is 0 Å². The lowest BCUT2D eigenvalue weighted by Gasteiger charge is -2.19. The van der Waals surface area contributed by atoms with Crippen LogP contribution in [0, 0.1) is 6.92 Å². The summed E-state index contributed by atoms with van der Waals surface area (Å²) in [5.74, 6) is 0.0922. The monoisotopic (exact) mass is 490 g/mol. The summed E-state index contributed by atoms with van der Waals surface area (Å²) in [6.45, 7) is 8.39. The Bertz CT molecular complexity index is 1410. The maximum Gasteiger partial charge on any atom is 0.314 e. The summed E-state index contributed by atoms with van der Waals surface area (Å²) < 4.78 is 17.3. The zero-order chi connectivity index (χ0) is 25.2. The first-order chi connectivity index (χ1) is 16.6. The van der Waals surface area contributed by atoms with Crippen LogP contribution in [0.1, 0.15) is 38.3 Å². The lowest BCUT2D eigenvalue weighted by Crippen LogP contribution is -2.18. The Morgan fingerprint density at radius 1 is 0.971 bits per heavy atom. The predicted molar refractivity (Wildman–Crippen MR) is 139 cm³/mol. The standard InChI is InChI=1S/C29H27ClO5/c1-18-5-14-23-24(17-18)34-27(19-6-8-20(9-7-19)29(2,3)4)28(26(23)32)35-25(31)15-16-33-22-12-10-21(30)11-13-22/h5-14,17H,15-16H2,1-4H3. The van der Waals surface area contributed by atoms with Crippen molar-refractivity contribution in [3.63, 3.8) is 0 Å². The number of aryl methyl sites for hydroxylation is 1. The van der Waals surface area contributed by atoms with Crippen LogP contribution in [-0.2, 0) is 10.2 Å². The van der Waals surface area contributed by atoms with Crippen molar-refractivity contribution < 1.29 is 18.7 Å². The second-order valence-electron chi connectivity index (χ2n) is 9.44. The quantitative estimate of drug-likeness (QED) is 0.270. The lowest BCUT2D eigenvalue weighted by atomic mass is 9.86. The summed E-state index contributed by atoms with van der Waals surface area (Å²) in [6.07, 6.45) is -0.0452. The van der Waals surface area contributed by atoms with E-state index in [1.165, 1.54) is 0 Å². The van der Waals surface area contributed by atoms with E-state index in [2.05, 4.69) is 20.8 Å². The molecule has 0 N–H and O–H groups in total. The molecule has 0 aliphatic carbocycles. The zero-order valence-electron chi connectivity index (χ0n) is 20.2. The van der Waals surface area contributed by atoms with Crippen molar-refractivity contribution in [2.45, 2.75) is 39.5 Å². The third-order valence-corrected chi connectivity index (χ3v) is 5.88. The molecule has 0 radical (unpaired) electrons. The average Bonchev–Trinajstić information content (AvgIpc) is 2.81. The minimum Gasteiger partial charge on any atom is -0.493 e. The molecule has 4 aromatic rings. The molecular weight excluding hydrogens is 464 g/mol. The highest BCUT2D eigenvalue weighted by molar-refractivity contribution is 6.30. The van der Waals surface area contributed by atoms with Crippen LogP contribution in [0.15, 0.2) is 75.9 Å². The third-order valence-electron chi connectivity index (χ3n) is 5.62. The van der Waals surface area contributed by atoms with Crippen molar-refractivity contribution in [1.82, 2.24) is 0 Å². The van der Waals surface area contributed by atoms with Gasteiger partial charge in [-0.3, -0.25) is 9.59 Å². The second kappa shape index (κ2) is 9.96. The highest BCUT2D eigenvalue weighted by Gasteiger charge is 2.22. The van der Waals surface area contributed by atoms with Gasteiger partial charge in [0, 0.05) is 10.6 Å². The Morgan fingerprint density at radius 3 is 2.31 bits per heavy atom. The van der Waals surface area contributed by atoms with E-state index < -0.39 is 11.4 Å². The van der Waals surface area contributed by atoms with E-state index in [1.807, 2.05) is 37.3 Å². The van der Waals surface area contributed by atoms with Gasteiger partial charge in [0.25, 0.3) is 0 Å². The maximum atomic E-state index is 13.3. The maximum absolute atomic E-state index is 13.3. The van der Waals surface area contributed by atoms with E-state index in [-0.39, 0.29) is 30.0 Å². The molecule has 0 amide bonds. The number of rotatable bonds is 6. The number of carbonyl (C=O) groups is 1. The van der Waals surface area contributed by atoms with Crippen LogP contribution in [0.2, 0.25) is 5.02 Å². The fourth-order valence-corrected chi connectivity index (χ4v) is 3.76. The number of benzene rings is 3. The predicted octanol–water partition coefficient (Wildman–Crippen LogP) is 7.09. The van der Waals surface area contributed by atoms with Gasteiger partial charge < -0.3 is 13.9 Å². The Kier molecular flexibility index (Phi) is 6.99. The first-order valence-corrected chi connectivity index (χ1v) is 11.8. The normalized spacial score (nSPS) is 11.5. The van der Waals surface area contributed by atoms with Crippen molar-refractivity contribution in [2.75, 3.05) is 6.61 Å². The summed E-state index contributed by atoms with van der Waals surface area (Å²) in [5, 5.41) is 0.948. The molecule has 0 aliphatic rings. The van der Waals surface area contributed by atoms with Crippen LogP contribution in [0.25, 0.3) is 22.3 Å². The van der Waals surface area contributed by atoms with Gasteiger partial charge in [-0.1, -0.05) is 62.7 Å². The van der Waals surface area contributed by atoms with Crippen molar-refractivity contribution in [2.24, 2.45) is 0 Å². The van der Waals surface area contributed by atoms with Gasteiger partial charge in [-0.25, -0.2) is 0 Å². The summed E-state index contributed by atoms with van der Waals surface area (Å²) in [7, 11) is 0. The van der Waals surface area contributed by atoms with E-state index in [1.54, 1.807) is 36.4 Å². The molecule has 0 aliphatic heterocycles. The summed E-state index contributed by atoms with van der Waals surface area (Å²) in [6, 6.07) is 19.9. The first-order valence-electron chi connectivity index (χ1n) is 11.4. The molecule has 0 unspecified atom stereocenters. The number of carbonyl (C=O) groups excluding carboxylic acids is 1. The van der Waals surface area contributed by atoms with Gasteiger partial charge in [0.1, 0.15) is 11.3 Å². The largest absolute Gasteiger partial charge is 0.493 e. The Hall–Kier alpha value is -3.57. The van der Waals surface area contributed by atoms with Crippen molar-refractivity contribution in [3.05, 3.63) is 93.1 Å². The molecule has 0 atom stereocenters. The van der Waals surface area contributed by atoms with Gasteiger partial charge in [0.05, 0.1) is 18.4 Å². The highest BCUT2D eigenvalue weighted by atomic mass is 35.5. The first kappa shape index (κ1) is 24.6. The van der Waals surface area contributed by atoms with E-state index >= 15 is 0 Å². The molecule has 1 aromatic heterocycles. The van der Waals surface area contributed by atoms with Crippen molar-refractivity contribution >= 4 is 28.5 Å². The Balaban J connectivity index is 1.64. The molecule has 180 valence electrons. The number of esters is 1. The van der Waals surface area contributed by atoms with Gasteiger partial charge in [0.2, 0.25) is 11.2 Å². The van der Waals surface area contributed by atoms with E-state index in [9.17, 15) is 9.59 Å². The fourth-order valence-electron chi connectivity index (χ4n) is 3.64. The van der Waals surface area contributed by atoms with Crippen LogP contribution < -0.4 is 14.9 Å². The topological polar surface area (TPSA) is 65.7 Å². The van der Waals surface area contributed by atoms with Crippen LogP contribution >= 0.6 is 11.6 Å². The van der Waals surface area contributed by atoms with E-state index in [0.717, 1.165) is 11.1 Å². The zero-order valence-corrected chi connectivity index (χ0v) is 20.9. The van der Waals surface area contributed by atoms with Gasteiger partial charge in [-0.2, -0.15) is 0 Å². The molecule has 4 rings (SSSR count). The number of ether oxygens (including phenoxy) is 2. The van der Waals surface area contributed by atoms with Gasteiger partial charge in [0.15, 0.2) is 5.76 Å². The Labute approximate surface area is 209 Å². The van der Waals surface area contributed by atoms with Crippen LogP contribution in [0.5, 0.6) is 11.5 Å². The van der Waals surface area contributed by atoms with Crippen LogP contribution in [0.4, 0.5) is 0 Å². The lowest BCUT2D eigenvalue weighted by molar-refractivity contribution is -0.135. The molecule has 5 nitrogen and oxygen atoms in total. The minimum absolute atomic E-state index is 0.0285. The number of halogens is 1. The molecular formula is C29H27ClO5.